The lowest BCUT2D eigenvalue weighted by Crippen LogP contribution is -2.27. The van der Waals surface area contributed by atoms with Crippen molar-refractivity contribution in [3.63, 3.8) is 0 Å². The Balaban J connectivity index is 2.77. The summed E-state index contributed by atoms with van der Waals surface area (Å²) in [6, 6.07) is 6.34. The van der Waals surface area contributed by atoms with Gasteiger partial charge in [-0.1, -0.05) is 17.2 Å². The first kappa shape index (κ1) is 17.8. The van der Waals surface area contributed by atoms with E-state index in [-0.39, 0.29) is 6.54 Å². The lowest BCUT2D eigenvalue weighted by molar-refractivity contribution is 0.0244. The standard InChI is InChI=1S/C14H20N4O4/c1-14(2,3)22-13(21)17-10-6-4-5-9(7-10)12(20)11(19)8-16-18-15/h4-7,11-12,19-20H,8H2,1-3H3,(H,17,21). The first-order valence-corrected chi connectivity index (χ1v) is 6.70. The maximum atomic E-state index is 11.7. The Morgan fingerprint density at radius 3 is 2.73 bits per heavy atom. The molecule has 0 spiro atoms. The highest BCUT2D eigenvalue weighted by atomic mass is 16.6. The summed E-state index contributed by atoms with van der Waals surface area (Å²) >= 11 is 0. The van der Waals surface area contributed by atoms with E-state index in [4.69, 9.17) is 10.3 Å². The van der Waals surface area contributed by atoms with Crippen LogP contribution in [0.2, 0.25) is 0 Å². The van der Waals surface area contributed by atoms with Crippen LogP contribution >= 0.6 is 0 Å². The van der Waals surface area contributed by atoms with E-state index in [9.17, 15) is 15.0 Å². The Kier molecular flexibility index (Phi) is 6.18. The number of hydrogen-bond acceptors (Lipinski definition) is 5. The summed E-state index contributed by atoms with van der Waals surface area (Å²) < 4.78 is 5.13. The zero-order valence-corrected chi connectivity index (χ0v) is 12.7. The SMILES string of the molecule is CC(C)(C)OC(=O)Nc1cccc(C(O)C(O)CN=[N+]=[N-])c1. The number of nitrogens with one attached hydrogen (secondary N) is 1. The third kappa shape index (κ3) is 6.01. The maximum absolute atomic E-state index is 11.7. The fourth-order valence-electron chi connectivity index (χ4n) is 1.66. The van der Waals surface area contributed by atoms with Crippen molar-refractivity contribution in [3.05, 3.63) is 40.3 Å². The normalized spacial score (nSPS) is 13.7. The lowest BCUT2D eigenvalue weighted by atomic mass is 10.0. The number of anilines is 1. The maximum Gasteiger partial charge on any atom is 0.412 e. The smallest absolute Gasteiger partial charge is 0.412 e. The molecule has 0 bridgehead atoms. The Morgan fingerprint density at radius 2 is 2.14 bits per heavy atom. The van der Waals surface area contributed by atoms with E-state index in [0.29, 0.717) is 11.3 Å². The molecule has 3 N–H and O–H groups in total. The van der Waals surface area contributed by atoms with Crippen LogP contribution in [0.5, 0.6) is 0 Å². The monoisotopic (exact) mass is 308 g/mol. The number of aliphatic hydroxyl groups excluding tert-OH is 2. The minimum absolute atomic E-state index is 0.249. The molecule has 0 heterocycles. The van der Waals surface area contributed by atoms with Gasteiger partial charge in [0, 0.05) is 10.6 Å². The molecule has 2 atom stereocenters. The van der Waals surface area contributed by atoms with E-state index < -0.39 is 23.9 Å². The minimum Gasteiger partial charge on any atom is -0.444 e. The molecule has 0 fully saturated rings. The number of aliphatic hydroxyl groups is 2. The van der Waals surface area contributed by atoms with Crippen LogP contribution in [0.25, 0.3) is 10.4 Å². The van der Waals surface area contributed by atoms with E-state index in [2.05, 4.69) is 15.3 Å². The summed E-state index contributed by atoms with van der Waals surface area (Å²) in [6.07, 6.45) is -3.08. The fourth-order valence-corrected chi connectivity index (χ4v) is 1.66. The molecule has 0 saturated heterocycles. The number of rotatable bonds is 5. The number of carbonyl (C=O) groups excluding carboxylic acids is 1. The molecule has 8 heteroatoms. The molecule has 8 nitrogen and oxygen atoms in total. The minimum atomic E-state index is -1.23. The molecule has 0 radical (unpaired) electrons. The van der Waals surface area contributed by atoms with Gasteiger partial charge in [0.15, 0.2) is 0 Å². The number of hydrogen-bond donors (Lipinski definition) is 3. The van der Waals surface area contributed by atoms with Gasteiger partial charge in [-0.15, -0.1) is 0 Å². The van der Waals surface area contributed by atoms with Gasteiger partial charge >= 0.3 is 6.09 Å². The van der Waals surface area contributed by atoms with Gasteiger partial charge in [0.2, 0.25) is 0 Å². The highest BCUT2D eigenvalue weighted by Gasteiger charge is 2.19. The van der Waals surface area contributed by atoms with Gasteiger partial charge in [0.25, 0.3) is 0 Å². The van der Waals surface area contributed by atoms with E-state index in [1.807, 2.05) is 0 Å². The summed E-state index contributed by atoms with van der Waals surface area (Å²) in [4.78, 5) is 14.2. The zero-order valence-electron chi connectivity index (χ0n) is 12.7. The molecular weight excluding hydrogens is 288 g/mol. The Morgan fingerprint density at radius 1 is 1.45 bits per heavy atom. The third-order valence-electron chi connectivity index (χ3n) is 2.57. The van der Waals surface area contributed by atoms with Crippen molar-refractivity contribution in [2.24, 2.45) is 5.11 Å². The average molecular weight is 308 g/mol. The van der Waals surface area contributed by atoms with Crippen molar-refractivity contribution in [2.75, 3.05) is 11.9 Å². The number of carbonyl (C=O) groups is 1. The average Bonchev–Trinajstić information content (AvgIpc) is 2.42. The van der Waals surface area contributed by atoms with Crippen molar-refractivity contribution < 1.29 is 19.7 Å². The second-order valence-electron chi connectivity index (χ2n) is 5.68. The van der Waals surface area contributed by atoms with E-state index in [1.165, 1.54) is 6.07 Å². The summed E-state index contributed by atoms with van der Waals surface area (Å²) in [6.45, 7) is 5.00. The molecule has 120 valence electrons. The molecule has 2 unspecified atom stereocenters. The van der Waals surface area contributed by atoms with Crippen molar-refractivity contribution in [2.45, 2.75) is 38.6 Å². The Bertz CT molecular complexity index is 564. The quantitative estimate of drug-likeness (QED) is 0.439. The fraction of sp³-hybridized carbons (Fsp3) is 0.500. The molecule has 1 amide bonds. The van der Waals surface area contributed by atoms with Crippen LogP contribution in [0.15, 0.2) is 29.4 Å². The van der Waals surface area contributed by atoms with Crippen molar-refractivity contribution in [3.8, 4) is 0 Å². The van der Waals surface area contributed by atoms with Crippen molar-refractivity contribution in [1.82, 2.24) is 0 Å². The molecule has 0 saturated carbocycles. The number of amides is 1. The van der Waals surface area contributed by atoms with Crippen LogP contribution in [0.1, 0.15) is 32.4 Å². The summed E-state index contributed by atoms with van der Waals surface area (Å²) in [5, 5.41) is 25.4. The zero-order chi connectivity index (χ0) is 16.8. The van der Waals surface area contributed by atoms with Crippen LogP contribution in [-0.2, 0) is 4.74 Å². The van der Waals surface area contributed by atoms with Crippen LogP contribution in [-0.4, -0.2) is 34.6 Å². The van der Waals surface area contributed by atoms with Gasteiger partial charge in [-0.3, -0.25) is 5.32 Å². The molecule has 1 aromatic carbocycles. The lowest BCUT2D eigenvalue weighted by Gasteiger charge is -2.20. The van der Waals surface area contributed by atoms with Gasteiger partial charge < -0.3 is 14.9 Å². The summed E-state index contributed by atoms with van der Waals surface area (Å²) in [5.74, 6) is 0. The number of ether oxygens (including phenoxy) is 1. The summed E-state index contributed by atoms with van der Waals surface area (Å²) in [5.41, 5.74) is 8.39. The molecule has 1 aromatic rings. The molecule has 0 aliphatic heterocycles. The van der Waals surface area contributed by atoms with E-state index >= 15 is 0 Å². The van der Waals surface area contributed by atoms with Crippen LogP contribution in [0.4, 0.5) is 10.5 Å². The number of nitrogens with zero attached hydrogens (tertiary/aromatic N) is 3. The van der Waals surface area contributed by atoms with Gasteiger partial charge in [-0.05, 0) is 44.0 Å². The Hall–Kier alpha value is -2.28. The molecule has 0 aliphatic carbocycles. The van der Waals surface area contributed by atoms with E-state index in [1.54, 1.807) is 39.0 Å². The summed E-state index contributed by atoms with van der Waals surface area (Å²) in [7, 11) is 0. The Labute approximate surface area is 128 Å². The predicted octanol–water partition coefficient (Wildman–Crippen LogP) is 2.74. The van der Waals surface area contributed by atoms with Crippen molar-refractivity contribution in [1.29, 1.82) is 0 Å². The molecule has 0 aliphatic rings. The van der Waals surface area contributed by atoms with Crippen LogP contribution in [0, 0.1) is 0 Å². The van der Waals surface area contributed by atoms with Crippen LogP contribution in [0.3, 0.4) is 0 Å². The van der Waals surface area contributed by atoms with Gasteiger partial charge in [-0.25, -0.2) is 4.79 Å². The van der Waals surface area contributed by atoms with Gasteiger partial charge in [0.1, 0.15) is 11.7 Å². The first-order valence-electron chi connectivity index (χ1n) is 6.70. The molecule has 0 aromatic heterocycles. The second kappa shape index (κ2) is 7.65. The highest BCUT2D eigenvalue weighted by molar-refractivity contribution is 5.84. The number of benzene rings is 1. The molecular formula is C14H20N4O4. The van der Waals surface area contributed by atoms with Crippen LogP contribution < -0.4 is 5.32 Å². The topological polar surface area (TPSA) is 128 Å². The third-order valence-corrected chi connectivity index (χ3v) is 2.57. The largest absolute Gasteiger partial charge is 0.444 e. The van der Waals surface area contributed by atoms with Gasteiger partial charge in [0.05, 0.1) is 12.6 Å². The van der Waals surface area contributed by atoms with Gasteiger partial charge in [-0.2, -0.15) is 0 Å². The molecule has 1 rings (SSSR count). The highest BCUT2D eigenvalue weighted by Crippen LogP contribution is 2.21. The predicted molar refractivity (Wildman–Crippen MR) is 81.3 cm³/mol. The first-order chi connectivity index (χ1) is 10.2. The van der Waals surface area contributed by atoms with Crippen molar-refractivity contribution >= 4 is 11.8 Å². The second-order valence-corrected chi connectivity index (χ2v) is 5.68. The van der Waals surface area contributed by atoms with E-state index in [0.717, 1.165) is 0 Å². The number of azide groups is 1. The molecule has 22 heavy (non-hydrogen) atoms.